The number of methoxy groups -OCH3 is 2. The maximum absolute atomic E-state index is 13.5. The number of carbonyl (C=O) groups is 2. The van der Waals surface area contributed by atoms with Crippen molar-refractivity contribution in [2.45, 2.75) is 56.0 Å². The molecule has 186 valence electrons. The van der Waals surface area contributed by atoms with Crippen molar-refractivity contribution in [3.8, 4) is 11.5 Å². The lowest BCUT2D eigenvalue weighted by Gasteiger charge is -2.33. The van der Waals surface area contributed by atoms with Crippen molar-refractivity contribution in [3.05, 3.63) is 29.8 Å². The van der Waals surface area contributed by atoms with Crippen LogP contribution in [-0.4, -0.2) is 72.1 Å². The molecule has 0 bridgehead atoms. The first-order chi connectivity index (χ1) is 16.3. The van der Waals surface area contributed by atoms with Gasteiger partial charge in [-0.2, -0.15) is 0 Å². The molecule has 3 aliphatic rings. The second kappa shape index (κ2) is 10.3. The van der Waals surface area contributed by atoms with Crippen LogP contribution in [0.2, 0.25) is 0 Å². The number of hydrogen-bond acceptors (Lipinski definition) is 8. The molecule has 1 aromatic rings. The first-order valence-corrected chi connectivity index (χ1v) is 13.8. The Labute approximate surface area is 208 Å². The smallest absolute Gasteiger partial charge is 0.416 e. The fourth-order valence-electron chi connectivity index (χ4n) is 4.95. The van der Waals surface area contributed by atoms with Crippen LogP contribution in [0, 0.1) is 0 Å². The molecule has 2 heterocycles. The number of aliphatic hydroxyl groups excluding tert-OH is 1. The molecule has 2 amide bonds. The highest BCUT2D eigenvalue weighted by Gasteiger charge is 2.47. The molecule has 1 N–H and O–H groups in total. The molecule has 8 nitrogen and oxygen atoms in total. The highest BCUT2D eigenvalue weighted by molar-refractivity contribution is 8.77. The van der Waals surface area contributed by atoms with Gasteiger partial charge in [-0.05, 0) is 25.3 Å². The fourth-order valence-corrected chi connectivity index (χ4v) is 7.63. The number of rotatable bonds is 7. The van der Waals surface area contributed by atoms with E-state index in [2.05, 4.69) is 13.5 Å². The molecule has 1 unspecified atom stereocenters. The summed E-state index contributed by atoms with van der Waals surface area (Å²) in [5.74, 6) is 1.40. The number of carbonyl (C=O) groups excluding carboxylic acids is 2. The molecule has 1 saturated heterocycles. The van der Waals surface area contributed by atoms with Crippen molar-refractivity contribution in [2.75, 3.05) is 38.0 Å². The number of fused-ring (bicyclic) bond motifs is 2. The minimum absolute atomic E-state index is 0.128. The van der Waals surface area contributed by atoms with Gasteiger partial charge in [0.1, 0.15) is 6.61 Å². The van der Waals surface area contributed by atoms with Gasteiger partial charge in [-0.25, -0.2) is 9.69 Å². The summed E-state index contributed by atoms with van der Waals surface area (Å²) in [5.41, 5.74) is 1.32. The number of nitrogens with zero attached hydrogens (tertiary/aromatic N) is 2. The van der Waals surface area contributed by atoms with E-state index in [1.54, 1.807) is 38.6 Å². The Bertz CT molecular complexity index is 965. The van der Waals surface area contributed by atoms with E-state index in [0.29, 0.717) is 24.5 Å². The van der Waals surface area contributed by atoms with Crippen LogP contribution >= 0.6 is 21.6 Å². The summed E-state index contributed by atoms with van der Waals surface area (Å²) in [4.78, 5) is 29.8. The first kappa shape index (κ1) is 25.1. The van der Waals surface area contributed by atoms with Crippen LogP contribution < -0.4 is 14.4 Å². The predicted molar refractivity (Wildman–Crippen MR) is 135 cm³/mol. The van der Waals surface area contributed by atoms with E-state index in [-0.39, 0.29) is 28.5 Å². The zero-order valence-electron chi connectivity index (χ0n) is 19.9. The van der Waals surface area contributed by atoms with E-state index in [1.807, 2.05) is 0 Å². The zero-order chi connectivity index (χ0) is 24.5. The van der Waals surface area contributed by atoms with E-state index in [0.717, 1.165) is 37.0 Å². The van der Waals surface area contributed by atoms with Gasteiger partial charge in [-0.3, -0.25) is 4.79 Å². The highest BCUT2D eigenvalue weighted by Crippen LogP contribution is 2.48. The molecule has 4 rings (SSSR count). The summed E-state index contributed by atoms with van der Waals surface area (Å²) in [5, 5.41) is 11.4. The molecule has 2 fully saturated rings. The number of ether oxygens (including phenoxy) is 3. The van der Waals surface area contributed by atoms with Crippen molar-refractivity contribution >= 4 is 39.3 Å². The minimum Gasteiger partial charge on any atom is -0.493 e. The molecule has 2 aliphatic heterocycles. The molecule has 0 radical (unpaired) electrons. The molecule has 34 heavy (non-hydrogen) atoms. The van der Waals surface area contributed by atoms with Gasteiger partial charge < -0.3 is 24.2 Å². The third kappa shape index (κ3) is 4.59. The normalized spacial score (nSPS) is 23.4. The van der Waals surface area contributed by atoms with Gasteiger partial charge in [0.2, 0.25) is 0 Å². The third-order valence-corrected chi connectivity index (χ3v) is 10.0. The van der Waals surface area contributed by atoms with Crippen LogP contribution in [0.1, 0.15) is 49.4 Å². The summed E-state index contributed by atoms with van der Waals surface area (Å²) in [6, 6.07) is 2.50. The molecule has 1 aromatic carbocycles. The van der Waals surface area contributed by atoms with Crippen LogP contribution in [0.15, 0.2) is 24.3 Å². The lowest BCUT2D eigenvalue weighted by atomic mass is 10.1. The SMILES string of the molecule is C=C1C[C@H]2C(O)N(C(=O)OCC3(SSCC)CCCC3)c3cc(OC)c(OC)cc3C(=O)N2C1. The van der Waals surface area contributed by atoms with Crippen molar-refractivity contribution in [3.63, 3.8) is 0 Å². The van der Waals surface area contributed by atoms with E-state index in [9.17, 15) is 14.7 Å². The van der Waals surface area contributed by atoms with Crippen LogP contribution in [0.25, 0.3) is 0 Å². The van der Waals surface area contributed by atoms with Crippen molar-refractivity contribution in [1.82, 2.24) is 4.90 Å². The second-order valence-corrected chi connectivity index (χ2v) is 11.9. The Morgan fingerprint density at radius 2 is 1.91 bits per heavy atom. The van der Waals surface area contributed by atoms with Gasteiger partial charge in [-0.1, -0.05) is 53.5 Å². The van der Waals surface area contributed by atoms with Crippen LogP contribution in [-0.2, 0) is 4.74 Å². The molecular formula is C24H32N2O6S2. The first-order valence-electron chi connectivity index (χ1n) is 11.5. The lowest BCUT2D eigenvalue weighted by Crippen LogP contribution is -2.51. The summed E-state index contributed by atoms with van der Waals surface area (Å²) in [7, 11) is 6.53. The number of benzene rings is 1. The van der Waals surface area contributed by atoms with Gasteiger partial charge >= 0.3 is 6.09 Å². The Kier molecular flexibility index (Phi) is 7.59. The maximum Gasteiger partial charge on any atom is 0.416 e. The predicted octanol–water partition coefficient (Wildman–Crippen LogP) is 4.46. The quantitative estimate of drug-likeness (QED) is 0.427. The largest absolute Gasteiger partial charge is 0.493 e. The summed E-state index contributed by atoms with van der Waals surface area (Å²) >= 11 is 0. The fraction of sp³-hybridized carbons (Fsp3) is 0.583. The second-order valence-electron chi connectivity index (χ2n) is 8.90. The molecule has 10 heteroatoms. The summed E-state index contributed by atoms with van der Waals surface area (Å²) in [6.07, 6.45) is 2.62. The topological polar surface area (TPSA) is 88.5 Å². The Balaban J connectivity index is 1.70. The van der Waals surface area contributed by atoms with E-state index in [4.69, 9.17) is 14.2 Å². The zero-order valence-corrected chi connectivity index (χ0v) is 21.5. The van der Waals surface area contributed by atoms with Crippen molar-refractivity contribution < 1.29 is 28.9 Å². The average Bonchev–Trinajstić information content (AvgIpc) is 3.46. The van der Waals surface area contributed by atoms with Gasteiger partial charge in [-0.15, -0.1) is 0 Å². The van der Waals surface area contributed by atoms with Gasteiger partial charge in [0.15, 0.2) is 17.7 Å². The molecular weight excluding hydrogens is 476 g/mol. The highest BCUT2D eigenvalue weighted by atomic mass is 33.1. The van der Waals surface area contributed by atoms with Crippen LogP contribution in [0.5, 0.6) is 11.5 Å². The number of amides is 2. The van der Waals surface area contributed by atoms with E-state index < -0.39 is 18.4 Å². The van der Waals surface area contributed by atoms with Gasteiger partial charge in [0.05, 0.1) is 36.3 Å². The molecule has 1 aliphatic carbocycles. The van der Waals surface area contributed by atoms with Gasteiger partial charge in [0, 0.05) is 18.4 Å². The van der Waals surface area contributed by atoms with E-state index in [1.165, 1.54) is 19.1 Å². The average molecular weight is 509 g/mol. The van der Waals surface area contributed by atoms with Crippen LogP contribution in [0.4, 0.5) is 10.5 Å². The standard InChI is InChI=1S/C24H32N2O6S2/c1-5-33-34-24(8-6-7-9-24)14-32-23(29)26-17-12-20(31-4)19(30-3)11-16(17)21(27)25-13-15(2)10-18(25)22(26)28/h11-12,18,22,28H,2,5-10,13-14H2,1,3-4H3/t18-,22?/m0/s1. The maximum atomic E-state index is 13.5. The molecule has 0 spiro atoms. The lowest BCUT2D eigenvalue weighted by molar-refractivity contribution is 0.0484. The minimum atomic E-state index is -1.28. The monoisotopic (exact) mass is 508 g/mol. The third-order valence-electron chi connectivity index (χ3n) is 6.68. The van der Waals surface area contributed by atoms with Gasteiger partial charge in [0.25, 0.3) is 5.91 Å². The van der Waals surface area contributed by atoms with E-state index >= 15 is 0 Å². The Hall–Kier alpha value is -2.04. The summed E-state index contributed by atoms with van der Waals surface area (Å²) in [6.45, 7) is 6.69. The number of hydrogen-bond donors (Lipinski definition) is 1. The van der Waals surface area contributed by atoms with Crippen molar-refractivity contribution in [1.29, 1.82) is 0 Å². The molecule has 2 atom stereocenters. The number of aliphatic hydroxyl groups is 1. The summed E-state index contributed by atoms with van der Waals surface area (Å²) < 4.78 is 16.6. The Morgan fingerprint density at radius 1 is 1.24 bits per heavy atom. The number of anilines is 1. The van der Waals surface area contributed by atoms with Crippen LogP contribution in [0.3, 0.4) is 0 Å². The Morgan fingerprint density at radius 3 is 2.56 bits per heavy atom. The van der Waals surface area contributed by atoms with Crippen molar-refractivity contribution in [2.24, 2.45) is 0 Å². The molecule has 1 saturated carbocycles. The molecule has 0 aromatic heterocycles.